The van der Waals surface area contributed by atoms with Gasteiger partial charge in [0.2, 0.25) is 0 Å². The highest BCUT2D eigenvalue weighted by molar-refractivity contribution is 6.30. The Morgan fingerprint density at radius 2 is 1.88 bits per heavy atom. The maximum atomic E-state index is 11.7. The van der Waals surface area contributed by atoms with E-state index in [-0.39, 0.29) is 17.0 Å². The average molecular weight is 237 g/mol. The van der Waals surface area contributed by atoms with Crippen molar-refractivity contribution in [2.24, 2.45) is 0 Å². The van der Waals surface area contributed by atoms with E-state index in [1.807, 2.05) is 0 Å². The fraction of sp³-hybridized carbons (Fsp3) is 0. The number of nitrogens with zero attached hydrogens (tertiary/aromatic N) is 1. The Kier molecular flexibility index (Phi) is 2.58. The van der Waals surface area contributed by atoms with E-state index in [4.69, 9.17) is 22.4 Å². The van der Waals surface area contributed by atoms with E-state index in [0.29, 0.717) is 10.7 Å². The molecular formula is C11H9ClN2O2. The number of benzene rings is 1. The van der Waals surface area contributed by atoms with E-state index in [1.165, 1.54) is 29.0 Å². The summed E-state index contributed by atoms with van der Waals surface area (Å²) in [5.41, 5.74) is 5.86. The molecule has 1 aromatic carbocycles. The third kappa shape index (κ3) is 1.87. The summed E-state index contributed by atoms with van der Waals surface area (Å²) in [6.45, 7) is 0. The quantitative estimate of drug-likeness (QED) is 0.793. The van der Waals surface area contributed by atoms with Crippen molar-refractivity contribution >= 4 is 17.3 Å². The van der Waals surface area contributed by atoms with E-state index >= 15 is 0 Å². The molecule has 0 aliphatic carbocycles. The van der Waals surface area contributed by atoms with E-state index in [2.05, 4.69) is 0 Å². The lowest BCUT2D eigenvalue weighted by molar-refractivity contribution is 0.475. The summed E-state index contributed by atoms with van der Waals surface area (Å²) < 4.78 is 1.33. The standard InChI is InChI=1S/C11H9ClN2O2/c12-7-5-10(13)11(16)14(6-7)8-1-3-9(15)4-2-8/h1-6,15H,13H2. The van der Waals surface area contributed by atoms with Crippen LogP contribution in [0.1, 0.15) is 0 Å². The van der Waals surface area contributed by atoms with Gasteiger partial charge in [-0.05, 0) is 30.3 Å². The number of halogens is 1. The molecule has 0 spiro atoms. The third-order valence-corrected chi connectivity index (χ3v) is 2.35. The molecule has 16 heavy (non-hydrogen) atoms. The van der Waals surface area contributed by atoms with E-state index in [9.17, 15) is 4.79 Å². The molecule has 3 N–H and O–H groups in total. The molecule has 5 heteroatoms. The van der Waals surface area contributed by atoms with Crippen molar-refractivity contribution in [3.63, 3.8) is 0 Å². The fourth-order valence-electron chi connectivity index (χ4n) is 1.37. The molecule has 0 unspecified atom stereocenters. The maximum absolute atomic E-state index is 11.7. The molecule has 0 bridgehead atoms. The number of aromatic nitrogens is 1. The molecule has 1 aromatic heterocycles. The number of rotatable bonds is 1. The molecular weight excluding hydrogens is 228 g/mol. The smallest absolute Gasteiger partial charge is 0.278 e. The fourth-order valence-corrected chi connectivity index (χ4v) is 1.59. The zero-order valence-electron chi connectivity index (χ0n) is 8.22. The molecule has 0 amide bonds. The summed E-state index contributed by atoms with van der Waals surface area (Å²) in [5.74, 6) is 0.131. The van der Waals surface area contributed by atoms with Crippen LogP contribution in [0.5, 0.6) is 5.75 Å². The zero-order chi connectivity index (χ0) is 11.7. The van der Waals surface area contributed by atoms with Gasteiger partial charge in [0.1, 0.15) is 5.75 Å². The first kappa shape index (κ1) is 10.6. The number of anilines is 1. The van der Waals surface area contributed by atoms with E-state index in [1.54, 1.807) is 12.1 Å². The summed E-state index contributed by atoms with van der Waals surface area (Å²) >= 11 is 5.81. The predicted octanol–water partition coefficient (Wildman–Crippen LogP) is 1.78. The number of nitrogen functional groups attached to an aromatic ring is 1. The largest absolute Gasteiger partial charge is 0.508 e. The van der Waals surface area contributed by atoms with E-state index < -0.39 is 0 Å². The van der Waals surface area contributed by atoms with Crippen molar-refractivity contribution in [1.29, 1.82) is 0 Å². The Hall–Kier alpha value is -1.94. The predicted molar refractivity (Wildman–Crippen MR) is 63.1 cm³/mol. The summed E-state index contributed by atoms with van der Waals surface area (Å²) in [7, 11) is 0. The van der Waals surface area contributed by atoms with Gasteiger partial charge in [-0.3, -0.25) is 9.36 Å². The number of phenols is 1. The van der Waals surface area contributed by atoms with Crippen LogP contribution in [-0.2, 0) is 0 Å². The minimum absolute atomic E-state index is 0.0839. The van der Waals surface area contributed by atoms with Crippen molar-refractivity contribution in [2.75, 3.05) is 5.73 Å². The Balaban J connectivity index is 2.64. The number of phenolic OH excluding ortho intramolecular Hbond substituents is 1. The van der Waals surface area contributed by atoms with Gasteiger partial charge >= 0.3 is 0 Å². The molecule has 4 nitrogen and oxygen atoms in total. The van der Waals surface area contributed by atoms with Crippen molar-refractivity contribution < 1.29 is 5.11 Å². The summed E-state index contributed by atoms with van der Waals surface area (Å²) in [6.07, 6.45) is 1.48. The van der Waals surface area contributed by atoms with Gasteiger partial charge in [-0.15, -0.1) is 0 Å². The lowest BCUT2D eigenvalue weighted by Crippen LogP contribution is -2.20. The van der Waals surface area contributed by atoms with Crippen LogP contribution in [0.25, 0.3) is 5.69 Å². The Morgan fingerprint density at radius 1 is 1.25 bits per heavy atom. The van der Waals surface area contributed by atoms with Crippen LogP contribution in [0.15, 0.2) is 41.3 Å². The lowest BCUT2D eigenvalue weighted by Gasteiger charge is -2.07. The summed E-state index contributed by atoms with van der Waals surface area (Å²) in [6, 6.07) is 7.58. The molecule has 0 fully saturated rings. The Bertz CT molecular complexity index is 576. The van der Waals surface area contributed by atoms with E-state index in [0.717, 1.165) is 0 Å². The third-order valence-electron chi connectivity index (χ3n) is 2.14. The van der Waals surface area contributed by atoms with Gasteiger partial charge in [-0.25, -0.2) is 0 Å². The lowest BCUT2D eigenvalue weighted by atomic mass is 10.3. The molecule has 0 aliphatic rings. The van der Waals surface area contributed by atoms with Gasteiger partial charge in [0, 0.05) is 11.9 Å². The molecule has 0 aliphatic heterocycles. The van der Waals surface area contributed by atoms with Gasteiger partial charge in [-0.1, -0.05) is 11.6 Å². The molecule has 2 aromatic rings. The zero-order valence-corrected chi connectivity index (χ0v) is 8.98. The van der Waals surface area contributed by atoms with Gasteiger partial charge < -0.3 is 10.8 Å². The second kappa shape index (κ2) is 3.90. The van der Waals surface area contributed by atoms with Crippen molar-refractivity contribution in [1.82, 2.24) is 4.57 Å². The summed E-state index contributed by atoms with van der Waals surface area (Å²) in [5, 5.41) is 9.52. The molecule has 0 saturated heterocycles. The van der Waals surface area contributed by atoms with Crippen LogP contribution in [0.4, 0.5) is 5.69 Å². The minimum Gasteiger partial charge on any atom is -0.508 e. The van der Waals surface area contributed by atoms with Crippen LogP contribution < -0.4 is 11.3 Å². The van der Waals surface area contributed by atoms with Crippen molar-refractivity contribution in [2.45, 2.75) is 0 Å². The second-order valence-electron chi connectivity index (χ2n) is 3.31. The minimum atomic E-state index is -0.338. The average Bonchev–Trinajstić information content (AvgIpc) is 2.25. The molecule has 2 rings (SSSR count). The van der Waals surface area contributed by atoms with Gasteiger partial charge in [0.05, 0.1) is 10.7 Å². The highest BCUT2D eigenvalue weighted by Crippen LogP contribution is 2.15. The Labute approximate surface area is 96.5 Å². The SMILES string of the molecule is Nc1cc(Cl)cn(-c2ccc(O)cc2)c1=O. The van der Waals surface area contributed by atoms with Crippen LogP contribution in [0.3, 0.4) is 0 Å². The number of nitrogens with two attached hydrogens (primary N) is 1. The highest BCUT2D eigenvalue weighted by atomic mass is 35.5. The first-order chi connectivity index (χ1) is 7.58. The van der Waals surface area contributed by atoms with Crippen LogP contribution in [0.2, 0.25) is 5.02 Å². The van der Waals surface area contributed by atoms with Gasteiger partial charge in [-0.2, -0.15) is 0 Å². The van der Waals surface area contributed by atoms with Crippen molar-refractivity contribution in [3.05, 3.63) is 51.9 Å². The molecule has 0 saturated carbocycles. The van der Waals surface area contributed by atoms with Crippen LogP contribution in [-0.4, -0.2) is 9.67 Å². The topological polar surface area (TPSA) is 68.2 Å². The molecule has 0 atom stereocenters. The number of hydrogen-bond donors (Lipinski definition) is 2. The van der Waals surface area contributed by atoms with Crippen LogP contribution >= 0.6 is 11.6 Å². The highest BCUT2D eigenvalue weighted by Gasteiger charge is 2.04. The van der Waals surface area contributed by atoms with Crippen LogP contribution in [0, 0.1) is 0 Å². The van der Waals surface area contributed by atoms with Gasteiger partial charge in [0.15, 0.2) is 0 Å². The number of pyridine rings is 1. The summed E-state index contributed by atoms with van der Waals surface area (Å²) in [4.78, 5) is 11.7. The first-order valence-electron chi connectivity index (χ1n) is 4.55. The normalized spacial score (nSPS) is 10.3. The number of aromatic hydroxyl groups is 1. The second-order valence-corrected chi connectivity index (χ2v) is 3.74. The number of hydrogen-bond acceptors (Lipinski definition) is 3. The molecule has 82 valence electrons. The Morgan fingerprint density at radius 3 is 2.50 bits per heavy atom. The monoisotopic (exact) mass is 236 g/mol. The molecule has 1 heterocycles. The van der Waals surface area contributed by atoms with Crippen molar-refractivity contribution in [3.8, 4) is 11.4 Å². The molecule has 0 radical (unpaired) electrons. The van der Waals surface area contributed by atoms with Gasteiger partial charge in [0.25, 0.3) is 5.56 Å². The first-order valence-corrected chi connectivity index (χ1v) is 4.93. The maximum Gasteiger partial charge on any atom is 0.278 e.